The fourth-order valence-electron chi connectivity index (χ4n) is 3.53. The first-order valence-corrected chi connectivity index (χ1v) is 9.05. The third-order valence-electron chi connectivity index (χ3n) is 5.62. The van der Waals surface area contributed by atoms with Crippen LogP contribution in [-0.2, 0) is 4.79 Å². The van der Waals surface area contributed by atoms with E-state index in [0.29, 0.717) is 11.3 Å². The van der Waals surface area contributed by atoms with Crippen molar-refractivity contribution in [3.05, 3.63) is 29.8 Å². The standard InChI is InChI=1S/C19H27N3O3/c1-4-19(5-2)17(24)20-18(19)25-15-8-6-14(7-9-15)16(23)22-12-10-21(3)11-13-22/h6-9,18H,4-5,10-13H2,1-3H3,(H,20,24)/t18-/m0/s1. The van der Waals surface area contributed by atoms with Crippen molar-refractivity contribution in [2.75, 3.05) is 33.2 Å². The molecule has 1 N–H and O–H groups in total. The summed E-state index contributed by atoms with van der Waals surface area (Å²) in [6.07, 6.45) is 1.20. The minimum atomic E-state index is -0.436. The zero-order valence-corrected chi connectivity index (χ0v) is 15.2. The molecule has 0 unspecified atom stereocenters. The SMILES string of the molecule is CCC1(CC)C(=O)N[C@H]1Oc1ccc(C(=O)N2CCN(C)CC2)cc1. The highest BCUT2D eigenvalue weighted by Crippen LogP contribution is 2.39. The number of hydrogen-bond acceptors (Lipinski definition) is 4. The Morgan fingerprint density at radius 3 is 2.28 bits per heavy atom. The summed E-state index contributed by atoms with van der Waals surface area (Å²) in [5.74, 6) is 0.795. The van der Waals surface area contributed by atoms with Crippen LogP contribution >= 0.6 is 0 Å². The van der Waals surface area contributed by atoms with Crippen molar-refractivity contribution >= 4 is 11.8 Å². The number of carbonyl (C=O) groups is 2. The van der Waals surface area contributed by atoms with Crippen molar-refractivity contribution in [1.29, 1.82) is 0 Å². The molecule has 6 heteroatoms. The second kappa shape index (κ2) is 7.04. The van der Waals surface area contributed by atoms with E-state index >= 15 is 0 Å². The van der Waals surface area contributed by atoms with Gasteiger partial charge in [0, 0.05) is 31.7 Å². The molecule has 2 saturated heterocycles. The normalized spacial score (nSPS) is 22.9. The van der Waals surface area contributed by atoms with Crippen LogP contribution in [0, 0.1) is 5.41 Å². The predicted octanol–water partition coefficient (Wildman–Crippen LogP) is 1.72. The Morgan fingerprint density at radius 2 is 1.76 bits per heavy atom. The molecule has 1 aromatic rings. The molecule has 0 aromatic heterocycles. The molecule has 0 spiro atoms. The van der Waals surface area contributed by atoms with E-state index in [2.05, 4.69) is 17.3 Å². The number of rotatable bonds is 5. The van der Waals surface area contributed by atoms with Gasteiger partial charge in [0.05, 0.1) is 0 Å². The molecule has 136 valence electrons. The molecular weight excluding hydrogens is 318 g/mol. The Balaban J connectivity index is 1.63. The van der Waals surface area contributed by atoms with Gasteiger partial charge in [-0.3, -0.25) is 9.59 Å². The van der Waals surface area contributed by atoms with E-state index in [9.17, 15) is 9.59 Å². The fourth-order valence-corrected chi connectivity index (χ4v) is 3.53. The highest BCUT2D eigenvalue weighted by molar-refractivity contribution is 5.94. The molecule has 2 heterocycles. The molecule has 1 atom stereocenters. The van der Waals surface area contributed by atoms with Crippen LogP contribution in [0.1, 0.15) is 37.0 Å². The first-order valence-electron chi connectivity index (χ1n) is 9.05. The summed E-state index contributed by atoms with van der Waals surface area (Å²) in [5, 5.41) is 2.84. The first-order chi connectivity index (χ1) is 12.0. The number of likely N-dealkylation sites (N-methyl/N-ethyl adjacent to an activating group) is 1. The van der Waals surface area contributed by atoms with E-state index in [-0.39, 0.29) is 18.0 Å². The van der Waals surface area contributed by atoms with Crippen molar-refractivity contribution in [2.45, 2.75) is 32.9 Å². The smallest absolute Gasteiger partial charge is 0.253 e. The summed E-state index contributed by atoms with van der Waals surface area (Å²) >= 11 is 0. The number of ether oxygens (including phenoxy) is 1. The van der Waals surface area contributed by atoms with Gasteiger partial charge in [-0.15, -0.1) is 0 Å². The van der Waals surface area contributed by atoms with E-state index in [1.54, 1.807) is 12.1 Å². The molecule has 2 fully saturated rings. The molecule has 6 nitrogen and oxygen atoms in total. The van der Waals surface area contributed by atoms with Gasteiger partial charge in [0.1, 0.15) is 11.2 Å². The zero-order valence-electron chi connectivity index (χ0n) is 15.2. The second-order valence-corrected chi connectivity index (χ2v) is 6.95. The van der Waals surface area contributed by atoms with Gasteiger partial charge in [-0.05, 0) is 44.2 Å². The summed E-state index contributed by atoms with van der Waals surface area (Å²) in [6, 6.07) is 7.22. The molecule has 2 amide bonds. The van der Waals surface area contributed by atoms with Gasteiger partial charge in [0.2, 0.25) is 5.91 Å². The van der Waals surface area contributed by atoms with Crippen LogP contribution < -0.4 is 10.1 Å². The highest BCUT2D eigenvalue weighted by atomic mass is 16.5. The van der Waals surface area contributed by atoms with Crippen molar-refractivity contribution in [3.8, 4) is 5.75 Å². The number of amides is 2. The minimum absolute atomic E-state index is 0.0596. The number of β-lactam (4-membered cyclic amide) rings is 1. The minimum Gasteiger partial charge on any atom is -0.470 e. The lowest BCUT2D eigenvalue weighted by Gasteiger charge is -2.47. The van der Waals surface area contributed by atoms with E-state index in [4.69, 9.17) is 4.74 Å². The van der Waals surface area contributed by atoms with Crippen molar-refractivity contribution in [1.82, 2.24) is 15.1 Å². The molecule has 0 saturated carbocycles. The predicted molar refractivity (Wildman–Crippen MR) is 95.4 cm³/mol. The maximum atomic E-state index is 12.6. The number of carbonyl (C=O) groups excluding carboxylic acids is 2. The number of benzene rings is 1. The quantitative estimate of drug-likeness (QED) is 0.826. The number of hydrogen-bond donors (Lipinski definition) is 1. The van der Waals surface area contributed by atoms with Gasteiger partial charge < -0.3 is 19.9 Å². The van der Waals surface area contributed by atoms with Crippen LogP contribution in [0.2, 0.25) is 0 Å². The van der Waals surface area contributed by atoms with Crippen LogP contribution in [0.3, 0.4) is 0 Å². The zero-order chi connectivity index (χ0) is 18.0. The lowest BCUT2D eigenvalue weighted by atomic mass is 9.73. The van der Waals surface area contributed by atoms with E-state index in [0.717, 1.165) is 39.0 Å². The van der Waals surface area contributed by atoms with Crippen LogP contribution in [0.5, 0.6) is 5.75 Å². The summed E-state index contributed by atoms with van der Waals surface area (Å²) in [5.41, 5.74) is 0.237. The van der Waals surface area contributed by atoms with E-state index in [1.165, 1.54) is 0 Å². The second-order valence-electron chi connectivity index (χ2n) is 6.95. The molecule has 0 radical (unpaired) electrons. The van der Waals surface area contributed by atoms with Crippen molar-refractivity contribution in [3.63, 3.8) is 0 Å². The third kappa shape index (κ3) is 3.23. The van der Waals surface area contributed by atoms with Crippen LogP contribution in [0.15, 0.2) is 24.3 Å². The summed E-state index contributed by atoms with van der Waals surface area (Å²) in [4.78, 5) is 28.6. The van der Waals surface area contributed by atoms with Gasteiger partial charge in [0.25, 0.3) is 5.91 Å². The Morgan fingerprint density at radius 1 is 1.16 bits per heavy atom. The summed E-state index contributed by atoms with van der Waals surface area (Å²) in [7, 11) is 2.07. The molecule has 2 aliphatic heterocycles. The van der Waals surface area contributed by atoms with Gasteiger partial charge in [-0.1, -0.05) is 13.8 Å². The molecule has 0 bridgehead atoms. The van der Waals surface area contributed by atoms with Gasteiger partial charge in [-0.25, -0.2) is 0 Å². The van der Waals surface area contributed by atoms with Gasteiger partial charge in [0.15, 0.2) is 6.23 Å². The summed E-state index contributed by atoms with van der Waals surface area (Å²) in [6.45, 7) is 7.36. The molecule has 0 aliphatic carbocycles. The maximum absolute atomic E-state index is 12.6. The molecular formula is C19H27N3O3. The molecule has 25 heavy (non-hydrogen) atoms. The molecule has 2 aliphatic rings. The monoisotopic (exact) mass is 345 g/mol. The van der Waals surface area contributed by atoms with Gasteiger partial charge in [-0.2, -0.15) is 0 Å². The van der Waals surface area contributed by atoms with Gasteiger partial charge >= 0.3 is 0 Å². The number of nitrogens with one attached hydrogen (secondary N) is 1. The van der Waals surface area contributed by atoms with Crippen molar-refractivity contribution < 1.29 is 14.3 Å². The summed E-state index contributed by atoms with van der Waals surface area (Å²) < 4.78 is 5.95. The number of nitrogens with zero attached hydrogens (tertiary/aromatic N) is 2. The fraction of sp³-hybridized carbons (Fsp3) is 0.579. The molecule has 1 aromatic carbocycles. The Kier molecular flexibility index (Phi) is 4.99. The molecule has 3 rings (SSSR count). The highest BCUT2D eigenvalue weighted by Gasteiger charge is 2.54. The lowest BCUT2D eigenvalue weighted by molar-refractivity contribution is -0.161. The Bertz CT molecular complexity index is 632. The number of piperazine rings is 1. The van der Waals surface area contributed by atoms with Crippen LogP contribution in [0.4, 0.5) is 0 Å². The largest absolute Gasteiger partial charge is 0.470 e. The third-order valence-corrected chi connectivity index (χ3v) is 5.62. The maximum Gasteiger partial charge on any atom is 0.253 e. The lowest BCUT2D eigenvalue weighted by Crippen LogP contribution is -2.69. The Labute approximate surface area is 149 Å². The van der Waals surface area contributed by atoms with E-state index < -0.39 is 5.41 Å². The first kappa shape index (κ1) is 17.7. The Hall–Kier alpha value is -2.08. The van der Waals surface area contributed by atoms with Crippen LogP contribution in [-0.4, -0.2) is 61.1 Å². The van der Waals surface area contributed by atoms with Crippen molar-refractivity contribution in [2.24, 2.45) is 5.41 Å². The van der Waals surface area contributed by atoms with Crippen LogP contribution in [0.25, 0.3) is 0 Å². The topological polar surface area (TPSA) is 61.9 Å². The average Bonchev–Trinajstić information content (AvgIpc) is 2.63. The average molecular weight is 345 g/mol. The van der Waals surface area contributed by atoms with E-state index in [1.807, 2.05) is 30.9 Å².